The van der Waals surface area contributed by atoms with Crippen LogP contribution in [-0.4, -0.2) is 22.9 Å². The van der Waals surface area contributed by atoms with Gasteiger partial charge < -0.3 is 19.6 Å². The first-order valence-corrected chi connectivity index (χ1v) is 9.34. The van der Waals surface area contributed by atoms with Crippen molar-refractivity contribution in [2.75, 3.05) is 7.05 Å². The molecular formula is C23H25N3O3. The highest BCUT2D eigenvalue weighted by Crippen LogP contribution is 2.30. The highest BCUT2D eigenvalue weighted by molar-refractivity contribution is 5.99. The third-order valence-corrected chi connectivity index (χ3v) is 4.80. The molecular weight excluding hydrogens is 366 g/mol. The van der Waals surface area contributed by atoms with Gasteiger partial charge in [0.25, 0.3) is 5.56 Å². The number of hydrogen-bond acceptors (Lipinski definition) is 4. The molecule has 29 heavy (non-hydrogen) atoms. The summed E-state index contributed by atoms with van der Waals surface area (Å²) < 4.78 is 7.60. The number of carbonyl (C=O) groups is 1. The SMILES string of the molecule is CN/C=C\C(=C(/C=O)Oc1c(C)cccc1C)c1cn(C)c(=O)c2[nH]c(C)cc12. The Bertz CT molecular complexity index is 1180. The Morgan fingerprint density at radius 2 is 1.90 bits per heavy atom. The Labute approximate surface area is 169 Å². The molecule has 6 heteroatoms. The molecule has 0 aliphatic heterocycles. The number of rotatable bonds is 6. The maximum absolute atomic E-state index is 12.5. The Kier molecular flexibility index (Phi) is 5.73. The van der Waals surface area contributed by atoms with E-state index in [1.807, 2.05) is 45.0 Å². The number of ether oxygens (including phenoxy) is 1. The van der Waals surface area contributed by atoms with Gasteiger partial charge in [-0.2, -0.15) is 0 Å². The van der Waals surface area contributed by atoms with Crippen LogP contribution in [0.3, 0.4) is 0 Å². The van der Waals surface area contributed by atoms with Gasteiger partial charge in [0, 0.05) is 42.5 Å². The topological polar surface area (TPSA) is 76.1 Å². The molecule has 0 aliphatic carbocycles. The number of aldehydes is 1. The molecule has 1 aromatic carbocycles. The average Bonchev–Trinajstić information content (AvgIpc) is 3.08. The number of fused-ring (bicyclic) bond motifs is 1. The second-order valence-electron chi connectivity index (χ2n) is 7.04. The van der Waals surface area contributed by atoms with Crippen LogP contribution in [0.2, 0.25) is 0 Å². The van der Waals surface area contributed by atoms with Gasteiger partial charge in [-0.1, -0.05) is 18.2 Å². The van der Waals surface area contributed by atoms with Crippen LogP contribution < -0.4 is 15.6 Å². The number of aromatic amines is 1. The van der Waals surface area contributed by atoms with Crippen LogP contribution in [-0.2, 0) is 11.8 Å². The van der Waals surface area contributed by atoms with Crippen LogP contribution in [0.25, 0.3) is 16.5 Å². The highest BCUT2D eigenvalue weighted by Gasteiger charge is 2.17. The van der Waals surface area contributed by atoms with Crippen LogP contribution in [0.4, 0.5) is 0 Å². The fourth-order valence-electron chi connectivity index (χ4n) is 3.37. The first-order chi connectivity index (χ1) is 13.9. The first-order valence-electron chi connectivity index (χ1n) is 9.34. The van der Waals surface area contributed by atoms with E-state index in [-0.39, 0.29) is 11.3 Å². The fraction of sp³-hybridized carbons (Fsp3) is 0.217. The molecule has 150 valence electrons. The monoisotopic (exact) mass is 391 g/mol. The summed E-state index contributed by atoms with van der Waals surface area (Å²) >= 11 is 0. The van der Waals surface area contributed by atoms with Crippen molar-refractivity contribution in [3.8, 4) is 5.75 Å². The number of para-hydroxylation sites is 1. The van der Waals surface area contributed by atoms with E-state index in [0.717, 1.165) is 27.8 Å². The Balaban J connectivity index is 2.31. The second kappa shape index (κ2) is 8.22. The normalized spacial score (nSPS) is 12.3. The minimum Gasteiger partial charge on any atom is -0.453 e. The van der Waals surface area contributed by atoms with Crippen LogP contribution >= 0.6 is 0 Å². The van der Waals surface area contributed by atoms with Gasteiger partial charge in [0.1, 0.15) is 11.3 Å². The van der Waals surface area contributed by atoms with Crippen molar-refractivity contribution >= 4 is 22.8 Å². The predicted molar refractivity (Wildman–Crippen MR) is 116 cm³/mol. The molecule has 3 rings (SSSR count). The second-order valence-corrected chi connectivity index (χ2v) is 7.04. The lowest BCUT2D eigenvalue weighted by Crippen LogP contribution is -2.17. The van der Waals surface area contributed by atoms with Crippen molar-refractivity contribution in [3.05, 3.63) is 81.2 Å². The van der Waals surface area contributed by atoms with Crippen molar-refractivity contribution in [2.24, 2.45) is 7.05 Å². The lowest BCUT2D eigenvalue weighted by Gasteiger charge is -2.15. The van der Waals surface area contributed by atoms with Gasteiger partial charge in [0.2, 0.25) is 0 Å². The number of benzene rings is 1. The molecule has 0 spiro atoms. The maximum atomic E-state index is 12.5. The molecule has 2 N–H and O–H groups in total. The predicted octanol–water partition coefficient (Wildman–Crippen LogP) is 3.51. The Morgan fingerprint density at radius 1 is 1.21 bits per heavy atom. The number of nitrogens with one attached hydrogen (secondary N) is 2. The minimum atomic E-state index is -0.128. The van der Waals surface area contributed by atoms with Gasteiger partial charge in [-0.05, 0) is 50.2 Å². The summed E-state index contributed by atoms with van der Waals surface area (Å²) in [5, 5.41) is 3.69. The van der Waals surface area contributed by atoms with E-state index in [4.69, 9.17) is 4.74 Å². The fourth-order valence-corrected chi connectivity index (χ4v) is 3.37. The number of H-pyrrole nitrogens is 1. The van der Waals surface area contributed by atoms with E-state index < -0.39 is 0 Å². The quantitative estimate of drug-likeness (QED) is 0.292. The first kappa shape index (κ1) is 20.2. The number of carbonyl (C=O) groups excluding carboxylic acids is 1. The molecule has 0 radical (unpaired) electrons. The zero-order chi connectivity index (χ0) is 21.1. The lowest BCUT2D eigenvalue weighted by molar-refractivity contribution is -0.106. The number of allylic oxidation sites excluding steroid dienone is 3. The molecule has 0 unspecified atom stereocenters. The summed E-state index contributed by atoms with van der Waals surface area (Å²) in [5.41, 5.74) is 4.41. The molecule has 3 aromatic rings. The zero-order valence-corrected chi connectivity index (χ0v) is 17.3. The van der Waals surface area contributed by atoms with Gasteiger partial charge in [-0.25, -0.2) is 0 Å². The van der Waals surface area contributed by atoms with Crippen molar-refractivity contribution in [2.45, 2.75) is 20.8 Å². The van der Waals surface area contributed by atoms with E-state index >= 15 is 0 Å². The van der Waals surface area contributed by atoms with Gasteiger partial charge in [-0.15, -0.1) is 0 Å². The summed E-state index contributed by atoms with van der Waals surface area (Å²) in [6, 6.07) is 7.73. The van der Waals surface area contributed by atoms with Gasteiger partial charge in [0.15, 0.2) is 12.0 Å². The molecule has 0 atom stereocenters. The van der Waals surface area contributed by atoms with E-state index in [1.165, 1.54) is 4.57 Å². The summed E-state index contributed by atoms with van der Waals surface area (Å²) in [4.78, 5) is 27.7. The minimum absolute atomic E-state index is 0.128. The van der Waals surface area contributed by atoms with E-state index in [2.05, 4.69) is 10.3 Å². The molecule has 0 saturated heterocycles. The highest BCUT2D eigenvalue weighted by atomic mass is 16.5. The maximum Gasteiger partial charge on any atom is 0.274 e. The number of hydrogen-bond donors (Lipinski definition) is 2. The molecule has 6 nitrogen and oxygen atoms in total. The third kappa shape index (κ3) is 3.87. The molecule has 2 aromatic heterocycles. The van der Waals surface area contributed by atoms with Gasteiger partial charge in [-0.3, -0.25) is 9.59 Å². The number of aryl methyl sites for hydroxylation is 4. The van der Waals surface area contributed by atoms with Crippen LogP contribution in [0.15, 0.2) is 53.3 Å². The lowest BCUT2D eigenvalue weighted by atomic mass is 10.0. The molecule has 0 aliphatic rings. The largest absolute Gasteiger partial charge is 0.453 e. The number of pyridine rings is 1. The van der Waals surface area contributed by atoms with Crippen molar-refractivity contribution < 1.29 is 9.53 Å². The van der Waals surface area contributed by atoms with Crippen LogP contribution in [0.5, 0.6) is 5.75 Å². The van der Waals surface area contributed by atoms with E-state index in [0.29, 0.717) is 23.1 Å². The molecule has 0 amide bonds. The van der Waals surface area contributed by atoms with Gasteiger partial charge in [0.05, 0.1) is 0 Å². The molecule has 2 heterocycles. The Hall–Kier alpha value is -3.54. The molecule has 0 bridgehead atoms. The van der Waals surface area contributed by atoms with Crippen molar-refractivity contribution in [1.82, 2.24) is 14.9 Å². The number of aromatic nitrogens is 2. The molecule has 0 fully saturated rings. The summed E-state index contributed by atoms with van der Waals surface area (Å²) in [6.07, 6.45) is 5.94. The summed E-state index contributed by atoms with van der Waals surface area (Å²) in [7, 11) is 3.46. The number of nitrogens with zero attached hydrogens (tertiary/aromatic N) is 1. The summed E-state index contributed by atoms with van der Waals surface area (Å²) in [6.45, 7) is 5.77. The smallest absolute Gasteiger partial charge is 0.274 e. The van der Waals surface area contributed by atoms with E-state index in [1.54, 1.807) is 32.6 Å². The average molecular weight is 391 g/mol. The Morgan fingerprint density at radius 3 is 2.52 bits per heavy atom. The zero-order valence-electron chi connectivity index (χ0n) is 17.3. The van der Waals surface area contributed by atoms with E-state index in [9.17, 15) is 9.59 Å². The van der Waals surface area contributed by atoms with Gasteiger partial charge >= 0.3 is 0 Å². The van der Waals surface area contributed by atoms with Crippen LogP contribution in [0, 0.1) is 20.8 Å². The molecule has 0 saturated carbocycles. The third-order valence-electron chi connectivity index (χ3n) is 4.80. The summed E-state index contributed by atoms with van der Waals surface area (Å²) in [5.74, 6) is 0.823. The van der Waals surface area contributed by atoms with Crippen LogP contribution in [0.1, 0.15) is 22.4 Å². The van der Waals surface area contributed by atoms with Crippen molar-refractivity contribution in [3.63, 3.8) is 0 Å². The van der Waals surface area contributed by atoms with Crippen molar-refractivity contribution in [1.29, 1.82) is 0 Å². The standard InChI is InChI=1S/C23H25N3O3/c1-14-7-6-8-15(2)22(14)29-20(13-27)17(9-10-24-4)19-12-26(5)23(28)21-18(19)11-16(3)25-21/h6-13,24-25H,1-5H3/b10-9-,20-17-.